The first-order valence-electron chi connectivity index (χ1n) is 13.4. The molecular formula is C28H44O10. The minimum atomic E-state index is -1.75. The highest BCUT2D eigenvalue weighted by molar-refractivity contribution is 5.74. The summed E-state index contributed by atoms with van der Waals surface area (Å²) in [7, 11) is 0. The third-order valence-electron chi connectivity index (χ3n) is 9.02. The largest absolute Gasteiger partial charge is 0.481 e. The van der Waals surface area contributed by atoms with E-state index in [0.717, 1.165) is 6.42 Å². The molecule has 0 bridgehead atoms. The van der Waals surface area contributed by atoms with Crippen LogP contribution in [0.1, 0.15) is 86.5 Å². The second-order valence-electron chi connectivity index (χ2n) is 12.7. The van der Waals surface area contributed by atoms with Crippen molar-refractivity contribution in [1.29, 1.82) is 0 Å². The van der Waals surface area contributed by atoms with Gasteiger partial charge in [0.05, 0.1) is 36.8 Å². The first-order chi connectivity index (χ1) is 17.4. The Labute approximate surface area is 224 Å². The van der Waals surface area contributed by atoms with E-state index in [-0.39, 0.29) is 30.5 Å². The highest BCUT2D eigenvalue weighted by Gasteiger charge is 2.62. The molecule has 0 radical (unpaired) electrons. The minimum absolute atomic E-state index is 0.0384. The first-order valence-corrected chi connectivity index (χ1v) is 13.4. The van der Waals surface area contributed by atoms with Gasteiger partial charge >= 0.3 is 17.9 Å². The van der Waals surface area contributed by atoms with E-state index < -0.39 is 59.2 Å². The molecule has 0 aromatic heterocycles. The van der Waals surface area contributed by atoms with E-state index in [0.29, 0.717) is 31.3 Å². The van der Waals surface area contributed by atoms with E-state index in [4.69, 9.17) is 19.3 Å². The van der Waals surface area contributed by atoms with Crippen LogP contribution in [0.2, 0.25) is 0 Å². The van der Waals surface area contributed by atoms with Crippen molar-refractivity contribution in [2.75, 3.05) is 6.61 Å². The second-order valence-corrected chi connectivity index (χ2v) is 12.7. The minimum Gasteiger partial charge on any atom is -0.481 e. The summed E-state index contributed by atoms with van der Waals surface area (Å²) < 4.78 is 17.1. The Balaban J connectivity index is 1.84. The number of epoxide rings is 1. The van der Waals surface area contributed by atoms with Crippen molar-refractivity contribution in [2.45, 2.75) is 122 Å². The lowest BCUT2D eigenvalue weighted by atomic mass is 9.67. The van der Waals surface area contributed by atoms with Gasteiger partial charge in [-0.05, 0) is 71.3 Å². The Morgan fingerprint density at radius 1 is 1.13 bits per heavy atom. The summed E-state index contributed by atoms with van der Waals surface area (Å²) in [6.45, 7) is 10.2. The average Bonchev–Trinajstić information content (AvgIpc) is 3.28. The zero-order chi connectivity index (χ0) is 28.7. The molecule has 0 aromatic carbocycles. The van der Waals surface area contributed by atoms with Crippen LogP contribution >= 0.6 is 0 Å². The van der Waals surface area contributed by atoms with Crippen LogP contribution in [0.25, 0.3) is 0 Å². The van der Waals surface area contributed by atoms with Crippen LogP contribution in [0.15, 0.2) is 11.6 Å². The van der Waals surface area contributed by atoms with Crippen LogP contribution in [-0.4, -0.2) is 80.1 Å². The van der Waals surface area contributed by atoms with Gasteiger partial charge in [0, 0.05) is 18.3 Å². The number of carboxylic acid groups (broad SMARTS) is 1. The van der Waals surface area contributed by atoms with E-state index in [2.05, 4.69) is 0 Å². The molecule has 216 valence electrons. The Bertz CT molecular complexity index is 955. The lowest BCUT2D eigenvalue weighted by Gasteiger charge is -2.42. The third kappa shape index (κ3) is 6.76. The molecule has 38 heavy (non-hydrogen) atoms. The van der Waals surface area contributed by atoms with Crippen LogP contribution in [0.4, 0.5) is 0 Å². The summed E-state index contributed by atoms with van der Waals surface area (Å²) in [5, 5.41) is 41.6. The van der Waals surface area contributed by atoms with E-state index in [1.165, 1.54) is 13.8 Å². The average molecular weight is 541 g/mol. The van der Waals surface area contributed by atoms with Gasteiger partial charge < -0.3 is 34.6 Å². The summed E-state index contributed by atoms with van der Waals surface area (Å²) in [6, 6.07) is 0. The number of fused-ring (bicyclic) bond motifs is 2. The molecule has 1 aliphatic heterocycles. The number of carbonyl (C=O) groups excluding carboxylic acids is 2. The number of hydrogen-bond donors (Lipinski definition) is 4. The number of carbonyl (C=O) groups is 3. The van der Waals surface area contributed by atoms with E-state index in [1.54, 1.807) is 6.08 Å². The monoisotopic (exact) mass is 540 g/mol. The predicted octanol–water partition coefficient (Wildman–Crippen LogP) is 2.51. The topological polar surface area (TPSA) is 163 Å². The highest BCUT2D eigenvalue weighted by Crippen LogP contribution is 2.58. The van der Waals surface area contributed by atoms with Gasteiger partial charge in [-0.25, -0.2) is 0 Å². The Morgan fingerprint density at radius 2 is 1.79 bits per heavy atom. The van der Waals surface area contributed by atoms with E-state index in [1.807, 2.05) is 27.7 Å². The number of esters is 2. The highest BCUT2D eigenvalue weighted by atomic mass is 16.6. The summed E-state index contributed by atoms with van der Waals surface area (Å²) >= 11 is 0. The van der Waals surface area contributed by atoms with Gasteiger partial charge in [0.1, 0.15) is 17.8 Å². The van der Waals surface area contributed by atoms with Crippen molar-refractivity contribution in [1.82, 2.24) is 0 Å². The van der Waals surface area contributed by atoms with Crippen molar-refractivity contribution in [3.63, 3.8) is 0 Å². The van der Waals surface area contributed by atoms with Crippen LogP contribution in [0.5, 0.6) is 0 Å². The van der Waals surface area contributed by atoms with Gasteiger partial charge in [-0.2, -0.15) is 0 Å². The zero-order valence-corrected chi connectivity index (χ0v) is 23.4. The number of aliphatic hydroxyl groups is 3. The summed E-state index contributed by atoms with van der Waals surface area (Å²) in [5.74, 6) is -2.46. The fourth-order valence-electron chi connectivity index (χ4n) is 6.62. The normalized spacial score (nSPS) is 38.3. The number of aliphatic carboxylic acids is 1. The smallest absolute Gasteiger partial charge is 0.309 e. The molecule has 0 aromatic rings. The van der Waals surface area contributed by atoms with Crippen molar-refractivity contribution in [2.24, 2.45) is 17.3 Å². The number of hydrogen-bond acceptors (Lipinski definition) is 9. The molecular weight excluding hydrogens is 496 g/mol. The van der Waals surface area contributed by atoms with E-state index >= 15 is 0 Å². The van der Waals surface area contributed by atoms with Gasteiger partial charge in [-0.1, -0.05) is 13.0 Å². The fraction of sp³-hybridized carbons (Fsp3) is 0.821. The van der Waals surface area contributed by atoms with Crippen LogP contribution in [0, 0.1) is 17.3 Å². The molecule has 8 atom stereocenters. The molecule has 3 aliphatic rings. The molecule has 10 nitrogen and oxygen atoms in total. The standard InChI is InChI=1S/C28H44O10/c1-16(29)37-25(2,3)18-9-10-27(5)19(18)12-22-28(6,38-22)20(30)8-7-17(11-21(27)31)15-36-24(34)14-26(4,35)13-23(32)33/h11,18-22,30-31,35H,7-10,12-15H2,1-6H3,(H,32,33)/b17-11-/t18-,19+,20-,21+,22-,26-,27+,28-/m0/s1. The molecule has 4 N–H and O–H groups in total. The number of rotatable bonds is 8. The van der Waals surface area contributed by atoms with Crippen LogP contribution in [-0.2, 0) is 28.6 Å². The fourth-order valence-corrected chi connectivity index (χ4v) is 6.62. The van der Waals surface area contributed by atoms with Gasteiger partial charge in [0.15, 0.2) is 0 Å². The van der Waals surface area contributed by atoms with Crippen molar-refractivity contribution in [3.8, 4) is 0 Å². The third-order valence-corrected chi connectivity index (χ3v) is 9.02. The molecule has 0 amide bonds. The summed E-state index contributed by atoms with van der Waals surface area (Å²) in [5.41, 5.74) is -3.19. The number of ether oxygens (including phenoxy) is 3. The van der Waals surface area contributed by atoms with Crippen LogP contribution < -0.4 is 0 Å². The van der Waals surface area contributed by atoms with Crippen molar-refractivity contribution >= 4 is 17.9 Å². The molecule has 10 heteroatoms. The quantitative estimate of drug-likeness (QED) is 0.204. The number of carboxylic acids is 1. The molecule has 2 fully saturated rings. The molecule has 1 saturated heterocycles. The lowest BCUT2D eigenvalue weighted by molar-refractivity contribution is -0.162. The maximum Gasteiger partial charge on any atom is 0.309 e. The van der Waals surface area contributed by atoms with Gasteiger partial charge in [0.2, 0.25) is 0 Å². The Morgan fingerprint density at radius 3 is 2.39 bits per heavy atom. The molecule has 0 unspecified atom stereocenters. The second kappa shape index (κ2) is 10.9. The summed E-state index contributed by atoms with van der Waals surface area (Å²) in [4.78, 5) is 35.2. The Hall–Kier alpha value is -2.01. The van der Waals surface area contributed by atoms with Gasteiger partial charge in [-0.15, -0.1) is 0 Å². The maximum atomic E-state index is 12.4. The van der Waals surface area contributed by atoms with Gasteiger partial charge in [-0.3, -0.25) is 14.4 Å². The SMILES string of the molecule is CC(=O)OC(C)(C)[C@H]1CC[C@@]2(C)[C@H](O)/C=C(\COC(=O)C[C@@](C)(O)CC(=O)O)CC[C@H](O)[C@]3(C)O[C@H]3C[C@H]12. The molecule has 1 heterocycles. The zero-order valence-electron chi connectivity index (χ0n) is 23.4. The molecule has 3 rings (SSSR count). The lowest BCUT2D eigenvalue weighted by Crippen LogP contribution is -2.45. The molecule has 2 aliphatic carbocycles. The first kappa shape index (κ1) is 30.5. The van der Waals surface area contributed by atoms with Crippen molar-refractivity contribution in [3.05, 3.63) is 11.6 Å². The summed E-state index contributed by atoms with van der Waals surface area (Å²) in [6.07, 6.45) is 1.47. The van der Waals surface area contributed by atoms with E-state index in [9.17, 15) is 29.7 Å². The number of aliphatic hydroxyl groups excluding tert-OH is 2. The van der Waals surface area contributed by atoms with Gasteiger partial charge in [0.25, 0.3) is 0 Å². The van der Waals surface area contributed by atoms with Crippen LogP contribution in [0.3, 0.4) is 0 Å². The Kier molecular flexibility index (Phi) is 8.73. The molecule has 1 saturated carbocycles. The molecule has 0 spiro atoms. The maximum absolute atomic E-state index is 12.4. The van der Waals surface area contributed by atoms with Crippen molar-refractivity contribution < 1.29 is 49.0 Å². The predicted molar refractivity (Wildman–Crippen MR) is 136 cm³/mol.